The Kier molecular flexibility index (Phi) is 4.94. The van der Waals surface area contributed by atoms with E-state index in [1.54, 1.807) is 0 Å². The van der Waals surface area contributed by atoms with Crippen molar-refractivity contribution in [2.75, 3.05) is 0 Å². The molecule has 0 saturated heterocycles. The average molecular weight is 300 g/mol. The van der Waals surface area contributed by atoms with Crippen LogP contribution in [0.1, 0.15) is 24.9 Å². The largest absolute Gasteiger partial charge is 0.271 e. The standard InChI is InChI=1S/C11H13IN2/c1-2-3-7-11(14-13)9-5-4-6-10(12)8-9/h4-6,8,11,14H,7,13H2,1H3. The van der Waals surface area contributed by atoms with Crippen LogP contribution in [0.4, 0.5) is 0 Å². The first-order chi connectivity index (χ1) is 6.77. The quantitative estimate of drug-likeness (QED) is 0.389. The van der Waals surface area contributed by atoms with E-state index < -0.39 is 0 Å². The summed E-state index contributed by atoms with van der Waals surface area (Å²) in [4.78, 5) is 0. The number of nitrogens with one attached hydrogen (secondary N) is 1. The third kappa shape index (κ3) is 3.29. The summed E-state index contributed by atoms with van der Waals surface area (Å²) < 4.78 is 1.21. The van der Waals surface area contributed by atoms with E-state index in [9.17, 15) is 0 Å². The van der Waals surface area contributed by atoms with Crippen LogP contribution >= 0.6 is 22.6 Å². The molecular formula is C11H13IN2. The second-order valence-corrected chi connectivity index (χ2v) is 4.15. The van der Waals surface area contributed by atoms with Gasteiger partial charge in [0.1, 0.15) is 0 Å². The van der Waals surface area contributed by atoms with Gasteiger partial charge in [-0.2, -0.15) is 0 Å². The van der Waals surface area contributed by atoms with Crippen LogP contribution in [0.25, 0.3) is 0 Å². The highest BCUT2D eigenvalue weighted by Gasteiger charge is 2.07. The van der Waals surface area contributed by atoms with Crippen molar-refractivity contribution in [1.29, 1.82) is 0 Å². The molecule has 1 unspecified atom stereocenters. The Hall–Kier alpha value is -0.570. The fourth-order valence-electron chi connectivity index (χ4n) is 1.20. The molecule has 3 N–H and O–H groups in total. The molecule has 0 aliphatic heterocycles. The minimum atomic E-state index is 0.122. The van der Waals surface area contributed by atoms with E-state index in [1.165, 1.54) is 9.13 Å². The molecular weight excluding hydrogens is 287 g/mol. The molecule has 0 aromatic heterocycles. The van der Waals surface area contributed by atoms with Crippen molar-refractivity contribution in [3.63, 3.8) is 0 Å². The maximum Gasteiger partial charge on any atom is 0.0569 e. The van der Waals surface area contributed by atoms with E-state index in [0.717, 1.165) is 6.42 Å². The predicted octanol–water partition coefficient (Wildman–Crippen LogP) is 2.21. The smallest absolute Gasteiger partial charge is 0.0569 e. The lowest BCUT2D eigenvalue weighted by Crippen LogP contribution is -2.27. The predicted molar refractivity (Wildman–Crippen MR) is 67.3 cm³/mol. The fourth-order valence-corrected chi connectivity index (χ4v) is 1.77. The normalized spacial score (nSPS) is 11.6. The van der Waals surface area contributed by atoms with Gasteiger partial charge in [0.25, 0.3) is 0 Å². The van der Waals surface area contributed by atoms with Gasteiger partial charge >= 0.3 is 0 Å². The Morgan fingerprint density at radius 1 is 1.57 bits per heavy atom. The van der Waals surface area contributed by atoms with Crippen LogP contribution in [-0.2, 0) is 0 Å². The molecule has 74 valence electrons. The lowest BCUT2D eigenvalue weighted by atomic mass is 10.1. The maximum atomic E-state index is 5.48. The Morgan fingerprint density at radius 2 is 2.36 bits per heavy atom. The number of halogens is 1. The van der Waals surface area contributed by atoms with Gasteiger partial charge in [0.2, 0.25) is 0 Å². The van der Waals surface area contributed by atoms with Crippen LogP contribution < -0.4 is 11.3 Å². The highest BCUT2D eigenvalue weighted by molar-refractivity contribution is 14.1. The topological polar surface area (TPSA) is 38.0 Å². The van der Waals surface area contributed by atoms with Crippen LogP contribution in [-0.4, -0.2) is 0 Å². The highest BCUT2D eigenvalue weighted by Crippen LogP contribution is 2.17. The number of nitrogens with two attached hydrogens (primary N) is 1. The van der Waals surface area contributed by atoms with E-state index in [-0.39, 0.29) is 6.04 Å². The summed E-state index contributed by atoms with van der Waals surface area (Å²) in [6, 6.07) is 8.38. The monoisotopic (exact) mass is 300 g/mol. The summed E-state index contributed by atoms with van der Waals surface area (Å²) in [6.45, 7) is 1.84. The molecule has 1 rings (SSSR count). The first-order valence-electron chi connectivity index (χ1n) is 4.39. The molecule has 0 radical (unpaired) electrons. The molecule has 0 aliphatic rings. The third-order valence-electron chi connectivity index (χ3n) is 1.94. The molecule has 1 atom stereocenters. The first-order valence-corrected chi connectivity index (χ1v) is 5.47. The van der Waals surface area contributed by atoms with Crippen molar-refractivity contribution in [2.24, 2.45) is 5.84 Å². The maximum absolute atomic E-state index is 5.48. The zero-order valence-corrected chi connectivity index (χ0v) is 10.2. The molecule has 0 amide bonds. The average Bonchev–Trinajstić information content (AvgIpc) is 2.19. The number of benzene rings is 1. The van der Waals surface area contributed by atoms with Gasteiger partial charge in [0, 0.05) is 9.99 Å². The summed E-state index contributed by atoms with van der Waals surface area (Å²) in [5.74, 6) is 11.4. The minimum absolute atomic E-state index is 0.122. The molecule has 2 nitrogen and oxygen atoms in total. The summed E-state index contributed by atoms with van der Waals surface area (Å²) >= 11 is 2.29. The van der Waals surface area contributed by atoms with Crippen LogP contribution in [0.3, 0.4) is 0 Å². The fraction of sp³-hybridized carbons (Fsp3) is 0.273. The molecule has 1 aromatic rings. The molecule has 0 saturated carbocycles. The van der Waals surface area contributed by atoms with Crippen LogP contribution in [0.2, 0.25) is 0 Å². The molecule has 0 fully saturated rings. The van der Waals surface area contributed by atoms with E-state index in [0.29, 0.717) is 0 Å². The second-order valence-electron chi connectivity index (χ2n) is 2.91. The Labute approximate surface area is 98.4 Å². The summed E-state index contributed by atoms with van der Waals surface area (Å²) in [5.41, 5.74) is 3.96. The van der Waals surface area contributed by atoms with Gasteiger partial charge in [0.15, 0.2) is 0 Å². The van der Waals surface area contributed by atoms with Gasteiger partial charge in [-0.05, 0) is 47.2 Å². The lowest BCUT2D eigenvalue weighted by molar-refractivity contribution is 0.567. The van der Waals surface area contributed by atoms with E-state index in [2.05, 4.69) is 58.1 Å². The van der Waals surface area contributed by atoms with Crippen molar-refractivity contribution >= 4 is 22.6 Å². The van der Waals surface area contributed by atoms with E-state index >= 15 is 0 Å². The van der Waals surface area contributed by atoms with E-state index in [1.807, 2.05) is 13.0 Å². The molecule has 0 aliphatic carbocycles. The summed E-state index contributed by atoms with van der Waals surface area (Å²) in [7, 11) is 0. The van der Waals surface area contributed by atoms with Crippen LogP contribution in [0, 0.1) is 15.4 Å². The van der Waals surface area contributed by atoms with Crippen molar-refractivity contribution in [2.45, 2.75) is 19.4 Å². The van der Waals surface area contributed by atoms with Crippen molar-refractivity contribution in [1.82, 2.24) is 5.43 Å². The second kappa shape index (κ2) is 6.02. The zero-order chi connectivity index (χ0) is 10.4. The molecule has 3 heteroatoms. The molecule has 1 aromatic carbocycles. The molecule has 0 bridgehead atoms. The van der Waals surface area contributed by atoms with Crippen molar-refractivity contribution in [3.8, 4) is 11.8 Å². The van der Waals surface area contributed by atoms with E-state index in [4.69, 9.17) is 5.84 Å². The van der Waals surface area contributed by atoms with Crippen LogP contribution in [0.15, 0.2) is 24.3 Å². The zero-order valence-electron chi connectivity index (χ0n) is 8.05. The van der Waals surface area contributed by atoms with Gasteiger partial charge in [-0.25, -0.2) is 0 Å². The van der Waals surface area contributed by atoms with Gasteiger partial charge in [-0.15, -0.1) is 11.8 Å². The number of hydrogen-bond acceptors (Lipinski definition) is 2. The van der Waals surface area contributed by atoms with Gasteiger partial charge in [-0.3, -0.25) is 11.3 Å². The Morgan fingerprint density at radius 3 is 2.93 bits per heavy atom. The van der Waals surface area contributed by atoms with Crippen LogP contribution in [0.5, 0.6) is 0 Å². The molecule has 0 heterocycles. The minimum Gasteiger partial charge on any atom is -0.271 e. The van der Waals surface area contributed by atoms with Gasteiger partial charge in [0.05, 0.1) is 6.04 Å². The lowest BCUT2D eigenvalue weighted by Gasteiger charge is -2.13. The number of rotatable bonds is 3. The summed E-state index contributed by atoms with van der Waals surface area (Å²) in [5, 5.41) is 0. The molecule has 14 heavy (non-hydrogen) atoms. The number of hydrazine groups is 1. The highest BCUT2D eigenvalue weighted by atomic mass is 127. The SMILES string of the molecule is CC#CCC(NN)c1cccc(I)c1. The number of hydrogen-bond donors (Lipinski definition) is 2. The first kappa shape index (κ1) is 11.5. The summed E-state index contributed by atoms with van der Waals surface area (Å²) in [6.07, 6.45) is 0.743. The van der Waals surface area contributed by atoms with Crippen molar-refractivity contribution < 1.29 is 0 Å². The molecule has 0 spiro atoms. The van der Waals surface area contributed by atoms with Gasteiger partial charge < -0.3 is 0 Å². The van der Waals surface area contributed by atoms with Crippen molar-refractivity contribution in [3.05, 3.63) is 33.4 Å². The third-order valence-corrected chi connectivity index (χ3v) is 2.61. The Bertz CT molecular complexity index is 352. The van der Waals surface area contributed by atoms with Gasteiger partial charge in [-0.1, -0.05) is 12.1 Å². The Balaban J connectivity index is 2.81.